The Morgan fingerprint density at radius 1 is 1.33 bits per heavy atom. The second-order valence-corrected chi connectivity index (χ2v) is 6.74. The lowest BCUT2D eigenvalue weighted by molar-refractivity contribution is 0.415. The number of rotatable bonds is 4. The van der Waals surface area contributed by atoms with E-state index < -0.39 is 10.1 Å². The molecule has 0 atom stereocenters. The normalized spacial score (nSPS) is 20.8. The average Bonchev–Trinajstić information content (AvgIpc) is 3.06. The lowest BCUT2D eigenvalue weighted by Crippen LogP contribution is -2.49. The van der Waals surface area contributed by atoms with E-state index in [1.54, 1.807) is 0 Å². The van der Waals surface area contributed by atoms with Crippen molar-refractivity contribution in [2.75, 3.05) is 23.7 Å². The van der Waals surface area contributed by atoms with E-state index in [0.29, 0.717) is 19.0 Å². The Hall–Kier alpha value is -1.14. The van der Waals surface area contributed by atoms with Crippen LogP contribution in [0.4, 0.5) is 5.82 Å². The van der Waals surface area contributed by atoms with E-state index in [2.05, 4.69) is 11.1 Å². The smallest absolute Gasteiger partial charge is 0.265 e. The summed E-state index contributed by atoms with van der Waals surface area (Å²) in [6.07, 6.45) is 4.45. The van der Waals surface area contributed by atoms with E-state index in [-0.39, 0.29) is 11.7 Å². The second-order valence-electron chi connectivity index (χ2n) is 5.24. The standard InChI is InChI=1S/C12H16N2O3S/c15-18(16,17)8-9-6-14(7-9)12-4-3-11(5-13-12)10-1-2-10/h3-5,9-10H,1-2,6-8H2,(H,15,16,17). The molecule has 2 aliphatic rings. The van der Waals surface area contributed by atoms with Crippen molar-refractivity contribution in [2.24, 2.45) is 5.92 Å². The third-order valence-electron chi connectivity index (χ3n) is 3.55. The Bertz CT molecular complexity index is 531. The van der Waals surface area contributed by atoms with Crippen LogP contribution in [-0.4, -0.2) is 36.8 Å². The van der Waals surface area contributed by atoms with Crippen molar-refractivity contribution in [2.45, 2.75) is 18.8 Å². The number of aromatic nitrogens is 1. The van der Waals surface area contributed by atoms with Crippen molar-refractivity contribution in [3.05, 3.63) is 23.9 Å². The SMILES string of the molecule is O=S(=O)(O)CC1CN(c2ccc(C3CC3)cn2)C1. The van der Waals surface area contributed by atoms with Gasteiger partial charge in [0.15, 0.2) is 0 Å². The molecule has 1 aliphatic carbocycles. The van der Waals surface area contributed by atoms with E-state index >= 15 is 0 Å². The maximum atomic E-state index is 10.7. The van der Waals surface area contributed by atoms with E-state index in [1.807, 2.05) is 17.2 Å². The highest BCUT2D eigenvalue weighted by Crippen LogP contribution is 2.40. The fourth-order valence-corrected chi connectivity index (χ4v) is 3.21. The van der Waals surface area contributed by atoms with Gasteiger partial charge in [-0.15, -0.1) is 0 Å². The maximum Gasteiger partial charge on any atom is 0.265 e. The van der Waals surface area contributed by atoms with Gasteiger partial charge in [0.1, 0.15) is 5.82 Å². The van der Waals surface area contributed by atoms with Crippen LogP contribution >= 0.6 is 0 Å². The van der Waals surface area contributed by atoms with Crippen molar-refractivity contribution in [1.29, 1.82) is 0 Å². The van der Waals surface area contributed by atoms with Crippen LogP contribution in [0, 0.1) is 5.92 Å². The van der Waals surface area contributed by atoms with Crippen LogP contribution in [-0.2, 0) is 10.1 Å². The average molecular weight is 268 g/mol. The first-order valence-corrected chi connectivity index (χ1v) is 7.78. The van der Waals surface area contributed by atoms with Gasteiger partial charge in [0.2, 0.25) is 0 Å². The fourth-order valence-electron chi connectivity index (χ4n) is 2.40. The summed E-state index contributed by atoms with van der Waals surface area (Å²) >= 11 is 0. The van der Waals surface area contributed by atoms with Gasteiger partial charge in [-0.25, -0.2) is 4.98 Å². The number of pyridine rings is 1. The van der Waals surface area contributed by atoms with E-state index in [4.69, 9.17) is 4.55 Å². The highest BCUT2D eigenvalue weighted by Gasteiger charge is 2.31. The number of anilines is 1. The van der Waals surface area contributed by atoms with Gasteiger partial charge in [0.05, 0.1) is 5.75 Å². The van der Waals surface area contributed by atoms with E-state index in [9.17, 15) is 8.42 Å². The van der Waals surface area contributed by atoms with Crippen molar-refractivity contribution in [3.8, 4) is 0 Å². The highest BCUT2D eigenvalue weighted by atomic mass is 32.2. The van der Waals surface area contributed by atoms with Crippen LogP contribution in [0.5, 0.6) is 0 Å². The zero-order valence-electron chi connectivity index (χ0n) is 9.99. The Labute approximate surface area is 107 Å². The first-order chi connectivity index (χ1) is 8.51. The molecule has 1 saturated carbocycles. The van der Waals surface area contributed by atoms with Crippen LogP contribution in [0.1, 0.15) is 24.3 Å². The number of nitrogens with zero attached hydrogens (tertiary/aromatic N) is 2. The third-order valence-corrected chi connectivity index (χ3v) is 4.44. The molecular weight excluding hydrogens is 252 g/mol. The minimum Gasteiger partial charge on any atom is -0.356 e. The molecule has 2 heterocycles. The minimum absolute atomic E-state index is 0.0184. The van der Waals surface area contributed by atoms with Crippen LogP contribution in [0.25, 0.3) is 0 Å². The molecule has 6 heteroatoms. The number of hydrogen-bond acceptors (Lipinski definition) is 4. The molecule has 0 amide bonds. The van der Waals surface area contributed by atoms with Crippen LogP contribution in [0.2, 0.25) is 0 Å². The number of hydrogen-bond donors (Lipinski definition) is 1. The second kappa shape index (κ2) is 4.20. The molecule has 0 radical (unpaired) electrons. The van der Waals surface area contributed by atoms with Crippen molar-refractivity contribution < 1.29 is 13.0 Å². The van der Waals surface area contributed by atoms with Crippen molar-refractivity contribution in [3.63, 3.8) is 0 Å². The predicted molar refractivity (Wildman–Crippen MR) is 68.3 cm³/mol. The molecule has 1 saturated heterocycles. The topological polar surface area (TPSA) is 70.5 Å². The van der Waals surface area contributed by atoms with Crippen LogP contribution in [0.3, 0.4) is 0 Å². The Kier molecular flexibility index (Phi) is 2.79. The molecule has 0 aromatic carbocycles. The molecule has 1 N–H and O–H groups in total. The lowest BCUT2D eigenvalue weighted by atomic mass is 10.0. The van der Waals surface area contributed by atoms with Gasteiger partial charge >= 0.3 is 0 Å². The molecule has 3 rings (SSSR count). The maximum absolute atomic E-state index is 10.7. The first kappa shape index (κ1) is 11.9. The zero-order chi connectivity index (χ0) is 12.8. The van der Waals surface area contributed by atoms with Gasteiger partial charge in [0.25, 0.3) is 10.1 Å². The monoisotopic (exact) mass is 268 g/mol. The van der Waals surface area contributed by atoms with Crippen molar-refractivity contribution >= 4 is 15.9 Å². The van der Waals surface area contributed by atoms with E-state index in [0.717, 1.165) is 5.82 Å². The molecule has 0 bridgehead atoms. The highest BCUT2D eigenvalue weighted by molar-refractivity contribution is 7.85. The summed E-state index contributed by atoms with van der Waals surface area (Å²) in [6.45, 7) is 1.30. The summed E-state index contributed by atoms with van der Waals surface area (Å²) in [4.78, 5) is 6.44. The van der Waals surface area contributed by atoms with Gasteiger partial charge in [-0.2, -0.15) is 8.42 Å². The predicted octanol–water partition coefficient (Wildman–Crippen LogP) is 1.28. The molecule has 0 unspecified atom stereocenters. The van der Waals surface area contributed by atoms with Gasteiger partial charge in [-0.3, -0.25) is 4.55 Å². The summed E-state index contributed by atoms with van der Waals surface area (Å²) < 4.78 is 30.2. The van der Waals surface area contributed by atoms with Gasteiger partial charge in [-0.05, 0) is 30.4 Å². The molecular formula is C12H16N2O3S. The zero-order valence-corrected chi connectivity index (χ0v) is 10.8. The first-order valence-electron chi connectivity index (χ1n) is 6.17. The van der Waals surface area contributed by atoms with Crippen molar-refractivity contribution in [1.82, 2.24) is 4.98 Å². The molecule has 18 heavy (non-hydrogen) atoms. The van der Waals surface area contributed by atoms with Crippen LogP contribution in [0.15, 0.2) is 18.3 Å². The Balaban J connectivity index is 1.57. The minimum atomic E-state index is -3.85. The van der Waals surface area contributed by atoms with E-state index in [1.165, 1.54) is 18.4 Å². The molecule has 1 aromatic rings. The van der Waals surface area contributed by atoms with Gasteiger partial charge < -0.3 is 4.90 Å². The molecule has 2 fully saturated rings. The Morgan fingerprint density at radius 3 is 2.56 bits per heavy atom. The van der Waals surface area contributed by atoms with Crippen LogP contribution < -0.4 is 4.90 Å². The molecule has 98 valence electrons. The summed E-state index contributed by atoms with van der Waals surface area (Å²) in [5, 5.41) is 0. The summed E-state index contributed by atoms with van der Waals surface area (Å²) in [6, 6.07) is 4.10. The largest absolute Gasteiger partial charge is 0.356 e. The Morgan fingerprint density at radius 2 is 2.06 bits per heavy atom. The summed E-state index contributed by atoms with van der Waals surface area (Å²) in [7, 11) is -3.85. The fraction of sp³-hybridized carbons (Fsp3) is 0.583. The molecule has 1 aromatic heterocycles. The molecule has 5 nitrogen and oxygen atoms in total. The lowest BCUT2D eigenvalue weighted by Gasteiger charge is -2.39. The quantitative estimate of drug-likeness (QED) is 0.833. The van der Waals surface area contributed by atoms with Gasteiger partial charge in [0, 0.05) is 25.2 Å². The third kappa shape index (κ3) is 2.64. The van der Waals surface area contributed by atoms with Gasteiger partial charge in [-0.1, -0.05) is 6.07 Å². The summed E-state index contributed by atoms with van der Waals surface area (Å²) in [5.74, 6) is 1.47. The summed E-state index contributed by atoms with van der Waals surface area (Å²) in [5.41, 5.74) is 1.30. The molecule has 1 aliphatic heterocycles. The molecule has 0 spiro atoms.